The van der Waals surface area contributed by atoms with Crippen molar-refractivity contribution in [1.82, 2.24) is 4.90 Å². The second-order valence-electron chi connectivity index (χ2n) is 5.97. The van der Waals surface area contributed by atoms with E-state index in [1.165, 1.54) is 18.4 Å². The van der Waals surface area contributed by atoms with Crippen molar-refractivity contribution in [3.63, 3.8) is 0 Å². The van der Waals surface area contributed by atoms with E-state index in [-0.39, 0.29) is 23.6 Å². The van der Waals surface area contributed by atoms with Crippen molar-refractivity contribution in [1.29, 1.82) is 0 Å². The van der Waals surface area contributed by atoms with Crippen LogP contribution in [0.15, 0.2) is 52.0 Å². The van der Waals surface area contributed by atoms with Gasteiger partial charge in [-0.1, -0.05) is 0 Å². The highest BCUT2D eigenvalue weighted by Gasteiger charge is 2.37. The minimum Gasteiger partial charge on any atom is -0.467 e. The van der Waals surface area contributed by atoms with Gasteiger partial charge in [-0.15, -0.1) is 0 Å². The minimum atomic E-state index is -4.67. The van der Waals surface area contributed by atoms with Gasteiger partial charge in [0.15, 0.2) is 0 Å². The van der Waals surface area contributed by atoms with Crippen molar-refractivity contribution >= 4 is 15.7 Å². The van der Waals surface area contributed by atoms with Crippen LogP contribution in [0.25, 0.3) is 0 Å². The number of alkyl halides is 2. The molecule has 8 heteroatoms. The summed E-state index contributed by atoms with van der Waals surface area (Å²) in [6, 6.07) is 7.95. The van der Waals surface area contributed by atoms with Crippen molar-refractivity contribution in [3.05, 3.63) is 54.0 Å². The van der Waals surface area contributed by atoms with E-state index in [1.54, 1.807) is 17.0 Å². The lowest BCUT2D eigenvalue weighted by atomic mass is 10.1. The third kappa shape index (κ3) is 3.44. The van der Waals surface area contributed by atoms with Gasteiger partial charge in [-0.05, 0) is 56.2 Å². The molecule has 0 unspecified atom stereocenters. The van der Waals surface area contributed by atoms with Crippen LogP contribution < -0.4 is 0 Å². The van der Waals surface area contributed by atoms with E-state index in [0.29, 0.717) is 5.76 Å². The molecule has 0 N–H and O–H groups in total. The molecule has 1 amide bonds. The van der Waals surface area contributed by atoms with Crippen LogP contribution in [-0.4, -0.2) is 31.0 Å². The maximum Gasteiger partial charge on any atom is 0.341 e. The molecule has 0 radical (unpaired) electrons. The smallest absolute Gasteiger partial charge is 0.341 e. The molecule has 1 heterocycles. The van der Waals surface area contributed by atoms with Crippen LogP contribution in [0.4, 0.5) is 8.78 Å². The molecule has 0 aliphatic heterocycles. The second kappa shape index (κ2) is 6.59. The monoisotopic (exact) mass is 369 g/mol. The highest BCUT2D eigenvalue weighted by atomic mass is 32.2. The molecule has 3 rings (SSSR count). The quantitative estimate of drug-likeness (QED) is 0.780. The van der Waals surface area contributed by atoms with Crippen LogP contribution in [0.3, 0.4) is 0 Å². The van der Waals surface area contributed by atoms with Crippen LogP contribution in [-0.2, 0) is 9.84 Å². The van der Waals surface area contributed by atoms with Gasteiger partial charge in [0.1, 0.15) is 5.76 Å². The Morgan fingerprint density at radius 1 is 1.20 bits per heavy atom. The van der Waals surface area contributed by atoms with Crippen molar-refractivity contribution in [2.24, 2.45) is 0 Å². The molecule has 1 aromatic carbocycles. The summed E-state index contributed by atoms with van der Waals surface area (Å²) in [5, 5.41) is 0. The number of carbonyl (C=O) groups is 1. The number of halogens is 2. The highest BCUT2D eigenvalue weighted by molar-refractivity contribution is 7.91. The van der Waals surface area contributed by atoms with E-state index in [0.717, 1.165) is 25.0 Å². The molecule has 1 aliphatic carbocycles. The fraction of sp³-hybridized carbons (Fsp3) is 0.353. The minimum absolute atomic E-state index is 0.0945. The molecule has 2 aromatic rings. The molecule has 5 nitrogen and oxygen atoms in total. The van der Waals surface area contributed by atoms with E-state index < -0.39 is 20.5 Å². The highest BCUT2D eigenvalue weighted by Crippen LogP contribution is 2.36. The van der Waals surface area contributed by atoms with Crippen molar-refractivity contribution in [2.45, 2.75) is 42.5 Å². The topological polar surface area (TPSA) is 67.6 Å². The lowest BCUT2D eigenvalue weighted by Crippen LogP contribution is -2.35. The molecular weight excluding hydrogens is 352 g/mol. The number of amides is 1. The average molecular weight is 369 g/mol. The molecule has 0 bridgehead atoms. The first kappa shape index (κ1) is 17.6. The predicted octanol–water partition coefficient (Wildman–Crippen LogP) is 3.64. The van der Waals surface area contributed by atoms with Crippen LogP contribution >= 0.6 is 0 Å². The number of benzene rings is 1. The summed E-state index contributed by atoms with van der Waals surface area (Å²) in [7, 11) is -4.67. The van der Waals surface area contributed by atoms with Crippen LogP contribution in [0, 0.1) is 0 Å². The first-order valence-electron chi connectivity index (χ1n) is 7.80. The summed E-state index contributed by atoms with van der Waals surface area (Å²) in [4.78, 5) is 14.0. The van der Waals surface area contributed by atoms with Gasteiger partial charge in [-0.2, -0.15) is 8.78 Å². The van der Waals surface area contributed by atoms with Crippen LogP contribution in [0.2, 0.25) is 0 Å². The van der Waals surface area contributed by atoms with Gasteiger partial charge in [0.05, 0.1) is 17.2 Å². The van der Waals surface area contributed by atoms with Crippen LogP contribution in [0.1, 0.15) is 41.9 Å². The third-order valence-electron chi connectivity index (χ3n) is 4.21. The number of sulfone groups is 1. The van der Waals surface area contributed by atoms with Gasteiger partial charge in [0.2, 0.25) is 9.84 Å². The van der Waals surface area contributed by atoms with Crippen molar-refractivity contribution in [3.8, 4) is 0 Å². The largest absolute Gasteiger partial charge is 0.467 e. The summed E-state index contributed by atoms with van der Waals surface area (Å²) in [5.74, 6) is -3.12. The normalized spacial score (nSPS) is 16.0. The Kier molecular flexibility index (Phi) is 4.64. The van der Waals surface area contributed by atoms with Gasteiger partial charge in [0.25, 0.3) is 5.91 Å². The molecule has 1 atom stereocenters. The van der Waals surface area contributed by atoms with Crippen molar-refractivity contribution < 1.29 is 26.4 Å². The van der Waals surface area contributed by atoms with E-state index in [9.17, 15) is 22.0 Å². The molecule has 0 spiro atoms. The number of nitrogens with zero attached hydrogens (tertiary/aromatic N) is 1. The Hall–Kier alpha value is -2.22. The number of rotatable bonds is 6. The number of furan rings is 1. The van der Waals surface area contributed by atoms with Gasteiger partial charge >= 0.3 is 5.76 Å². The van der Waals surface area contributed by atoms with Crippen LogP contribution in [0.5, 0.6) is 0 Å². The summed E-state index contributed by atoms with van der Waals surface area (Å²) >= 11 is 0. The molecule has 1 fully saturated rings. The summed E-state index contributed by atoms with van der Waals surface area (Å²) in [5.41, 5.74) is 0.249. The fourth-order valence-electron chi connectivity index (χ4n) is 2.72. The maximum absolute atomic E-state index is 12.8. The van der Waals surface area contributed by atoms with E-state index >= 15 is 0 Å². The Balaban J connectivity index is 1.86. The second-order valence-corrected chi connectivity index (χ2v) is 7.88. The SMILES string of the molecule is C[C@@H](c1ccco1)N(C(=O)c1ccc(S(=O)(=O)C(F)F)cc1)C1CC1. The number of hydrogen-bond acceptors (Lipinski definition) is 4. The van der Waals surface area contributed by atoms with Gasteiger partial charge < -0.3 is 9.32 Å². The van der Waals surface area contributed by atoms with E-state index in [1.807, 2.05) is 6.92 Å². The Labute approximate surface area is 144 Å². The average Bonchev–Trinajstić information content (AvgIpc) is 3.26. The zero-order valence-corrected chi connectivity index (χ0v) is 14.2. The van der Waals surface area contributed by atoms with E-state index in [4.69, 9.17) is 4.42 Å². The first-order chi connectivity index (χ1) is 11.8. The molecule has 1 saturated carbocycles. The molecule has 25 heavy (non-hydrogen) atoms. The Morgan fingerprint density at radius 3 is 2.32 bits per heavy atom. The Bertz CT molecular complexity index is 843. The summed E-state index contributed by atoms with van der Waals surface area (Å²) in [6.45, 7) is 1.85. The summed E-state index contributed by atoms with van der Waals surface area (Å²) < 4.78 is 53.5. The number of carbonyl (C=O) groups excluding carboxylic acids is 1. The van der Waals surface area contributed by atoms with Crippen molar-refractivity contribution in [2.75, 3.05) is 0 Å². The fourth-order valence-corrected chi connectivity index (χ4v) is 3.44. The van der Waals surface area contributed by atoms with E-state index in [2.05, 4.69) is 0 Å². The molecular formula is C17H17F2NO4S. The molecule has 134 valence electrons. The third-order valence-corrected chi connectivity index (χ3v) is 5.61. The predicted molar refractivity (Wildman–Crippen MR) is 85.9 cm³/mol. The zero-order chi connectivity index (χ0) is 18.2. The standard InChI is InChI=1S/C17H17F2NO4S/c1-11(15-3-2-10-24-15)20(13-6-7-13)16(21)12-4-8-14(9-5-12)25(22,23)17(18)19/h2-5,8-11,13,17H,6-7H2,1H3/t11-/m0/s1. The lowest BCUT2D eigenvalue weighted by molar-refractivity contribution is 0.0652. The molecule has 1 aromatic heterocycles. The Morgan fingerprint density at radius 2 is 1.84 bits per heavy atom. The first-order valence-corrected chi connectivity index (χ1v) is 9.35. The van der Waals surface area contributed by atoms with Gasteiger partial charge in [0, 0.05) is 11.6 Å². The zero-order valence-electron chi connectivity index (χ0n) is 13.4. The molecule has 1 aliphatic rings. The summed E-state index contributed by atoms with van der Waals surface area (Å²) in [6.07, 6.45) is 3.30. The molecule has 0 saturated heterocycles. The van der Waals surface area contributed by atoms with Gasteiger partial charge in [-0.25, -0.2) is 8.42 Å². The van der Waals surface area contributed by atoms with Gasteiger partial charge in [-0.3, -0.25) is 4.79 Å². The lowest BCUT2D eigenvalue weighted by Gasteiger charge is -2.28. The number of hydrogen-bond donors (Lipinski definition) is 0. The maximum atomic E-state index is 12.8.